The van der Waals surface area contributed by atoms with E-state index in [9.17, 15) is 4.39 Å². The van der Waals surface area contributed by atoms with Gasteiger partial charge < -0.3 is 10.1 Å². The van der Waals surface area contributed by atoms with E-state index in [1.807, 2.05) is 30.3 Å². The Labute approximate surface area is 136 Å². The monoisotopic (exact) mass is 315 g/mol. The minimum absolute atomic E-state index is 0.196. The Morgan fingerprint density at radius 1 is 1.13 bits per heavy atom. The van der Waals surface area contributed by atoms with Crippen LogP contribution in [0.2, 0.25) is 0 Å². The van der Waals surface area contributed by atoms with Gasteiger partial charge in [0.1, 0.15) is 6.61 Å². The molecule has 2 aromatic rings. The average molecular weight is 315 g/mol. The molecule has 1 aliphatic carbocycles. The van der Waals surface area contributed by atoms with Gasteiger partial charge in [-0.25, -0.2) is 9.37 Å². The number of hydrogen-bond donors (Lipinski definition) is 1. The molecular formula is C18H22FN3O. The largest absolute Gasteiger partial charge is 0.459 e. The van der Waals surface area contributed by atoms with E-state index < -0.39 is 5.82 Å². The maximum absolute atomic E-state index is 13.8. The summed E-state index contributed by atoms with van der Waals surface area (Å²) in [5.41, 5.74) is 1.03. The van der Waals surface area contributed by atoms with Crippen molar-refractivity contribution in [1.82, 2.24) is 9.97 Å². The highest BCUT2D eigenvalue weighted by Crippen LogP contribution is 2.24. The molecule has 0 atom stereocenters. The predicted molar refractivity (Wildman–Crippen MR) is 87.8 cm³/mol. The highest BCUT2D eigenvalue weighted by Gasteiger charge is 2.15. The molecular weight excluding hydrogens is 293 g/mol. The second-order valence-electron chi connectivity index (χ2n) is 6.01. The zero-order valence-corrected chi connectivity index (χ0v) is 13.2. The topological polar surface area (TPSA) is 47.0 Å². The third kappa shape index (κ3) is 4.65. The molecule has 0 spiro atoms. The Balaban J connectivity index is 1.57. The van der Waals surface area contributed by atoms with Gasteiger partial charge >= 0.3 is 6.01 Å². The first-order chi connectivity index (χ1) is 11.3. The van der Waals surface area contributed by atoms with Gasteiger partial charge in [-0.2, -0.15) is 4.98 Å². The van der Waals surface area contributed by atoms with E-state index in [1.54, 1.807) is 0 Å². The van der Waals surface area contributed by atoms with E-state index in [0.717, 1.165) is 18.3 Å². The van der Waals surface area contributed by atoms with Crippen LogP contribution in [0, 0.1) is 11.7 Å². The van der Waals surface area contributed by atoms with Crippen molar-refractivity contribution in [2.24, 2.45) is 5.92 Å². The average Bonchev–Trinajstić information content (AvgIpc) is 2.62. The summed E-state index contributed by atoms with van der Waals surface area (Å²) in [4.78, 5) is 8.05. The maximum atomic E-state index is 13.8. The molecule has 0 bridgehead atoms. The molecule has 0 aliphatic heterocycles. The number of nitrogens with zero attached hydrogens (tertiary/aromatic N) is 2. The molecule has 3 rings (SSSR count). The normalized spacial score (nSPS) is 15.3. The predicted octanol–water partition coefficient (Wildman–Crippen LogP) is 4.19. The quantitative estimate of drug-likeness (QED) is 0.868. The van der Waals surface area contributed by atoms with Crippen LogP contribution in [0.3, 0.4) is 0 Å². The van der Waals surface area contributed by atoms with Crippen LogP contribution < -0.4 is 10.1 Å². The van der Waals surface area contributed by atoms with E-state index in [0.29, 0.717) is 12.5 Å². The second kappa shape index (κ2) is 7.90. The lowest BCUT2D eigenvalue weighted by Crippen LogP contribution is -2.18. The smallest absolute Gasteiger partial charge is 0.318 e. The zero-order chi connectivity index (χ0) is 15.9. The summed E-state index contributed by atoms with van der Waals surface area (Å²) >= 11 is 0. The van der Waals surface area contributed by atoms with Crippen LogP contribution in [-0.4, -0.2) is 16.5 Å². The van der Waals surface area contributed by atoms with Gasteiger partial charge in [-0.05, 0) is 24.3 Å². The van der Waals surface area contributed by atoms with Crippen molar-refractivity contribution in [2.45, 2.75) is 38.7 Å². The summed E-state index contributed by atoms with van der Waals surface area (Å²) in [6.07, 6.45) is 7.43. The minimum Gasteiger partial charge on any atom is -0.459 e. The summed E-state index contributed by atoms with van der Waals surface area (Å²) in [6.45, 7) is 1.13. The first-order valence-electron chi connectivity index (χ1n) is 8.24. The Bertz CT molecular complexity index is 615. The van der Waals surface area contributed by atoms with Crippen molar-refractivity contribution in [1.29, 1.82) is 0 Å². The molecule has 23 heavy (non-hydrogen) atoms. The SMILES string of the molecule is Fc1cnc(OCc2ccccc2)nc1NCC1CCCCC1. The Morgan fingerprint density at radius 3 is 2.70 bits per heavy atom. The zero-order valence-electron chi connectivity index (χ0n) is 13.2. The fourth-order valence-corrected chi connectivity index (χ4v) is 2.90. The molecule has 0 radical (unpaired) electrons. The summed E-state index contributed by atoms with van der Waals surface area (Å²) < 4.78 is 19.4. The molecule has 1 aliphatic rings. The van der Waals surface area contributed by atoms with Gasteiger partial charge in [-0.1, -0.05) is 49.6 Å². The van der Waals surface area contributed by atoms with Crippen LogP contribution in [-0.2, 0) is 6.61 Å². The number of anilines is 1. The van der Waals surface area contributed by atoms with Gasteiger partial charge in [0, 0.05) is 6.54 Å². The van der Waals surface area contributed by atoms with Crippen molar-refractivity contribution in [2.75, 3.05) is 11.9 Å². The molecule has 1 saturated carbocycles. The van der Waals surface area contributed by atoms with Gasteiger partial charge in [-0.15, -0.1) is 0 Å². The number of rotatable bonds is 6. The molecule has 1 heterocycles. The number of aromatic nitrogens is 2. The summed E-state index contributed by atoms with van der Waals surface area (Å²) in [5, 5.41) is 3.12. The second-order valence-corrected chi connectivity index (χ2v) is 6.01. The van der Waals surface area contributed by atoms with Gasteiger partial charge in [0.2, 0.25) is 0 Å². The fourth-order valence-electron chi connectivity index (χ4n) is 2.90. The van der Waals surface area contributed by atoms with Crippen molar-refractivity contribution >= 4 is 5.82 Å². The highest BCUT2D eigenvalue weighted by atomic mass is 19.1. The molecule has 1 fully saturated rings. The fraction of sp³-hybridized carbons (Fsp3) is 0.444. The highest BCUT2D eigenvalue weighted by molar-refractivity contribution is 5.36. The Morgan fingerprint density at radius 2 is 1.91 bits per heavy atom. The lowest BCUT2D eigenvalue weighted by atomic mass is 9.89. The molecule has 1 aromatic heterocycles. The lowest BCUT2D eigenvalue weighted by molar-refractivity contribution is 0.279. The number of ether oxygens (including phenoxy) is 1. The van der Waals surface area contributed by atoms with Crippen LogP contribution in [0.4, 0.5) is 10.2 Å². The van der Waals surface area contributed by atoms with Gasteiger partial charge in [0.05, 0.1) is 6.20 Å². The van der Waals surface area contributed by atoms with Crippen molar-refractivity contribution in [3.8, 4) is 6.01 Å². The molecule has 5 heteroatoms. The minimum atomic E-state index is -0.437. The van der Waals surface area contributed by atoms with E-state index in [2.05, 4.69) is 15.3 Å². The lowest BCUT2D eigenvalue weighted by Gasteiger charge is -2.22. The van der Waals surface area contributed by atoms with Gasteiger partial charge in [0.15, 0.2) is 11.6 Å². The van der Waals surface area contributed by atoms with Crippen molar-refractivity contribution in [3.63, 3.8) is 0 Å². The van der Waals surface area contributed by atoms with Crippen LogP contribution in [0.5, 0.6) is 6.01 Å². The Kier molecular flexibility index (Phi) is 5.40. The number of benzene rings is 1. The molecule has 0 saturated heterocycles. The summed E-state index contributed by atoms with van der Waals surface area (Å²) in [5.74, 6) is 0.397. The third-order valence-corrected chi connectivity index (χ3v) is 4.22. The molecule has 1 N–H and O–H groups in total. The van der Waals surface area contributed by atoms with E-state index in [1.165, 1.54) is 32.1 Å². The Hall–Kier alpha value is -2.17. The maximum Gasteiger partial charge on any atom is 0.318 e. The molecule has 0 amide bonds. The van der Waals surface area contributed by atoms with Gasteiger partial charge in [-0.3, -0.25) is 0 Å². The van der Waals surface area contributed by atoms with Crippen LogP contribution in [0.1, 0.15) is 37.7 Å². The first-order valence-corrected chi connectivity index (χ1v) is 8.24. The van der Waals surface area contributed by atoms with Crippen molar-refractivity contribution < 1.29 is 9.13 Å². The van der Waals surface area contributed by atoms with E-state index >= 15 is 0 Å². The summed E-state index contributed by atoms with van der Waals surface area (Å²) in [6, 6.07) is 9.97. The summed E-state index contributed by atoms with van der Waals surface area (Å²) in [7, 11) is 0. The standard InChI is InChI=1S/C18H22FN3O/c19-16-12-21-18(23-13-15-9-5-2-6-10-15)22-17(16)20-11-14-7-3-1-4-8-14/h2,5-6,9-10,12,14H,1,3-4,7-8,11,13H2,(H,20,21,22). The van der Waals surface area contributed by atoms with E-state index in [-0.39, 0.29) is 11.8 Å². The number of halogens is 1. The van der Waals surface area contributed by atoms with Crippen molar-refractivity contribution in [3.05, 3.63) is 47.9 Å². The third-order valence-electron chi connectivity index (χ3n) is 4.22. The molecule has 4 nitrogen and oxygen atoms in total. The molecule has 1 aromatic carbocycles. The van der Waals surface area contributed by atoms with Crippen LogP contribution >= 0.6 is 0 Å². The van der Waals surface area contributed by atoms with Gasteiger partial charge in [0.25, 0.3) is 0 Å². The van der Waals surface area contributed by atoms with E-state index in [4.69, 9.17) is 4.74 Å². The molecule has 122 valence electrons. The van der Waals surface area contributed by atoms with Crippen LogP contribution in [0.15, 0.2) is 36.5 Å². The number of nitrogens with one attached hydrogen (secondary N) is 1. The number of hydrogen-bond acceptors (Lipinski definition) is 4. The first kappa shape index (κ1) is 15.7. The van der Waals surface area contributed by atoms with Crippen LogP contribution in [0.25, 0.3) is 0 Å². The molecule has 0 unspecified atom stereocenters.